The maximum atomic E-state index is 11.1. The summed E-state index contributed by atoms with van der Waals surface area (Å²) in [4.78, 5) is 21.1. The SMILES string of the molecule is O=C[C@H](O)CNC(=O)OCc1ccccc1. The number of aliphatic hydroxyl groups excluding tert-OH is 1. The van der Waals surface area contributed by atoms with Gasteiger partial charge in [-0.2, -0.15) is 0 Å². The van der Waals surface area contributed by atoms with Crippen molar-refractivity contribution < 1.29 is 19.4 Å². The zero-order valence-electron chi connectivity index (χ0n) is 8.63. The van der Waals surface area contributed by atoms with Crippen LogP contribution >= 0.6 is 0 Å². The molecule has 0 aromatic heterocycles. The lowest BCUT2D eigenvalue weighted by Crippen LogP contribution is -2.33. The molecule has 5 nitrogen and oxygen atoms in total. The molecular weight excluding hydrogens is 210 g/mol. The van der Waals surface area contributed by atoms with Gasteiger partial charge in [-0.3, -0.25) is 0 Å². The average molecular weight is 223 g/mol. The van der Waals surface area contributed by atoms with Gasteiger partial charge in [0.2, 0.25) is 0 Å². The van der Waals surface area contributed by atoms with Crippen molar-refractivity contribution in [1.82, 2.24) is 5.32 Å². The van der Waals surface area contributed by atoms with Crippen LogP contribution in [-0.4, -0.2) is 30.1 Å². The highest BCUT2D eigenvalue weighted by molar-refractivity contribution is 5.68. The topological polar surface area (TPSA) is 75.6 Å². The van der Waals surface area contributed by atoms with E-state index in [0.29, 0.717) is 6.29 Å². The molecule has 0 aliphatic heterocycles. The molecule has 0 spiro atoms. The largest absolute Gasteiger partial charge is 0.445 e. The Morgan fingerprint density at radius 1 is 1.44 bits per heavy atom. The van der Waals surface area contributed by atoms with Gasteiger partial charge in [0.25, 0.3) is 0 Å². The van der Waals surface area contributed by atoms with Crippen LogP contribution < -0.4 is 5.32 Å². The second kappa shape index (κ2) is 6.58. The highest BCUT2D eigenvalue weighted by Crippen LogP contribution is 2.00. The first-order valence-corrected chi connectivity index (χ1v) is 4.80. The number of carbonyl (C=O) groups is 2. The minimum Gasteiger partial charge on any atom is -0.445 e. The highest BCUT2D eigenvalue weighted by Gasteiger charge is 2.06. The number of ether oxygens (including phenoxy) is 1. The summed E-state index contributed by atoms with van der Waals surface area (Å²) in [5.41, 5.74) is 0.869. The highest BCUT2D eigenvalue weighted by atomic mass is 16.5. The molecular formula is C11H13NO4. The third-order valence-corrected chi connectivity index (χ3v) is 1.83. The van der Waals surface area contributed by atoms with E-state index in [-0.39, 0.29) is 13.2 Å². The summed E-state index contributed by atoms with van der Waals surface area (Å²) in [5, 5.41) is 11.1. The van der Waals surface area contributed by atoms with Crippen molar-refractivity contribution in [3.8, 4) is 0 Å². The quantitative estimate of drug-likeness (QED) is 0.711. The van der Waals surface area contributed by atoms with Crippen molar-refractivity contribution in [2.75, 3.05) is 6.54 Å². The molecule has 0 aliphatic rings. The molecule has 5 heteroatoms. The van der Waals surface area contributed by atoms with E-state index in [4.69, 9.17) is 9.84 Å². The molecule has 0 unspecified atom stereocenters. The first-order chi connectivity index (χ1) is 7.72. The Labute approximate surface area is 93.0 Å². The van der Waals surface area contributed by atoms with E-state index in [2.05, 4.69) is 5.32 Å². The number of hydrogen-bond donors (Lipinski definition) is 2. The summed E-state index contributed by atoms with van der Waals surface area (Å²) < 4.78 is 4.85. The molecule has 0 saturated carbocycles. The van der Waals surface area contributed by atoms with E-state index < -0.39 is 12.2 Å². The van der Waals surface area contributed by atoms with E-state index in [1.807, 2.05) is 30.3 Å². The normalized spacial score (nSPS) is 11.6. The molecule has 0 bridgehead atoms. The van der Waals surface area contributed by atoms with Gasteiger partial charge < -0.3 is 20.0 Å². The van der Waals surface area contributed by atoms with Gasteiger partial charge in [-0.15, -0.1) is 0 Å². The molecule has 1 aromatic rings. The van der Waals surface area contributed by atoms with Crippen LogP contribution in [0.15, 0.2) is 30.3 Å². The minimum atomic E-state index is -1.19. The van der Waals surface area contributed by atoms with E-state index >= 15 is 0 Å². The lowest BCUT2D eigenvalue weighted by atomic mass is 10.2. The van der Waals surface area contributed by atoms with E-state index in [1.165, 1.54) is 0 Å². The summed E-state index contributed by atoms with van der Waals surface area (Å²) in [6.45, 7) is 0.0149. The first kappa shape index (κ1) is 12.2. The Kier molecular flexibility index (Phi) is 5.01. The molecule has 0 fully saturated rings. The van der Waals surface area contributed by atoms with Crippen LogP contribution in [-0.2, 0) is 16.1 Å². The summed E-state index contributed by atoms with van der Waals surface area (Å²) in [6, 6.07) is 9.20. The van der Waals surface area contributed by atoms with Crippen LogP contribution in [0.25, 0.3) is 0 Å². The average Bonchev–Trinajstić information content (AvgIpc) is 2.34. The van der Waals surface area contributed by atoms with Gasteiger partial charge in [0.05, 0.1) is 6.54 Å². The molecule has 0 heterocycles. The van der Waals surface area contributed by atoms with Crippen LogP contribution in [0.2, 0.25) is 0 Å². The van der Waals surface area contributed by atoms with Crippen molar-refractivity contribution >= 4 is 12.4 Å². The number of nitrogens with one attached hydrogen (secondary N) is 1. The van der Waals surface area contributed by atoms with Gasteiger partial charge in [0, 0.05) is 0 Å². The number of amides is 1. The molecule has 0 saturated heterocycles. The van der Waals surface area contributed by atoms with Gasteiger partial charge in [-0.1, -0.05) is 30.3 Å². The van der Waals surface area contributed by atoms with E-state index in [1.54, 1.807) is 0 Å². The zero-order valence-corrected chi connectivity index (χ0v) is 8.63. The number of aldehydes is 1. The fourth-order valence-corrected chi connectivity index (χ4v) is 1.01. The van der Waals surface area contributed by atoms with Crippen molar-refractivity contribution in [3.63, 3.8) is 0 Å². The van der Waals surface area contributed by atoms with Crippen molar-refractivity contribution in [2.45, 2.75) is 12.7 Å². The third kappa shape index (κ3) is 4.56. The number of hydrogen-bond acceptors (Lipinski definition) is 4. The fourth-order valence-electron chi connectivity index (χ4n) is 1.01. The second-order valence-electron chi connectivity index (χ2n) is 3.15. The molecule has 1 rings (SSSR count). The molecule has 0 aliphatic carbocycles. The Hall–Kier alpha value is -1.88. The Morgan fingerprint density at radius 3 is 2.75 bits per heavy atom. The van der Waals surface area contributed by atoms with Crippen molar-refractivity contribution in [1.29, 1.82) is 0 Å². The van der Waals surface area contributed by atoms with E-state index in [9.17, 15) is 9.59 Å². The molecule has 2 N–H and O–H groups in total. The lowest BCUT2D eigenvalue weighted by Gasteiger charge is -2.07. The van der Waals surface area contributed by atoms with Crippen LogP contribution in [0.3, 0.4) is 0 Å². The molecule has 86 valence electrons. The van der Waals surface area contributed by atoms with Crippen LogP contribution in [0.5, 0.6) is 0 Å². The molecule has 16 heavy (non-hydrogen) atoms. The maximum absolute atomic E-state index is 11.1. The zero-order chi connectivity index (χ0) is 11.8. The van der Waals surface area contributed by atoms with Crippen LogP contribution in [0, 0.1) is 0 Å². The second-order valence-corrected chi connectivity index (χ2v) is 3.15. The summed E-state index contributed by atoms with van der Waals surface area (Å²) in [5.74, 6) is 0. The third-order valence-electron chi connectivity index (χ3n) is 1.83. The summed E-state index contributed by atoms with van der Waals surface area (Å²) in [7, 11) is 0. The fraction of sp³-hybridized carbons (Fsp3) is 0.273. The Morgan fingerprint density at radius 2 is 2.12 bits per heavy atom. The van der Waals surface area contributed by atoms with Gasteiger partial charge >= 0.3 is 6.09 Å². The minimum absolute atomic E-state index is 0.142. The first-order valence-electron chi connectivity index (χ1n) is 4.80. The van der Waals surface area contributed by atoms with Gasteiger partial charge in [0.1, 0.15) is 19.0 Å². The standard InChI is InChI=1S/C11H13NO4/c13-7-10(14)6-12-11(15)16-8-9-4-2-1-3-5-9/h1-5,7,10,14H,6,8H2,(H,12,15)/t10-/m1/s1. The van der Waals surface area contributed by atoms with Crippen molar-refractivity contribution in [3.05, 3.63) is 35.9 Å². The monoisotopic (exact) mass is 223 g/mol. The van der Waals surface area contributed by atoms with Crippen LogP contribution in [0.4, 0.5) is 4.79 Å². The number of alkyl carbamates (subject to hydrolysis) is 1. The Bertz CT molecular complexity index is 339. The van der Waals surface area contributed by atoms with Gasteiger partial charge in [0.15, 0.2) is 0 Å². The maximum Gasteiger partial charge on any atom is 0.407 e. The predicted molar refractivity (Wildman–Crippen MR) is 56.7 cm³/mol. The van der Waals surface area contributed by atoms with Crippen LogP contribution in [0.1, 0.15) is 5.56 Å². The summed E-state index contributed by atoms with van der Waals surface area (Å²) in [6.07, 6.45) is -1.51. The van der Waals surface area contributed by atoms with Gasteiger partial charge in [-0.25, -0.2) is 4.79 Å². The number of benzene rings is 1. The molecule has 1 atom stereocenters. The molecule has 1 aromatic carbocycles. The number of carbonyl (C=O) groups excluding carboxylic acids is 2. The summed E-state index contributed by atoms with van der Waals surface area (Å²) >= 11 is 0. The molecule has 0 radical (unpaired) electrons. The molecule has 1 amide bonds. The number of rotatable bonds is 5. The van der Waals surface area contributed by atoms with Crippen molar-refractivity contribution in [2.24, 2.45) is 0 Å². The Balaban J connectivity index is 2.23. The smallest absolute Gasteiger partial charge is 0.407 e. The predicted octanol–water partition coefficient (Wildman–Crippen LogP) is 0.473. The number of aliphatic hydroxyl groups is 1. The van der Waals surface area contributed by atoms with E-state index in [0.717, 1.165) is 5.56 Å². The lowest BCUT2D eigenvalue weighted by molar-refractivity contribution is -0.114. The van der Waals surface area contributed by atoms with Gasteiger partial charge in [-0.05, 0) is 5.56 Å².